The first-order valence-electron chi connectivity index (χ1n) is 9.29. The van der Waals surface area contributed by atoms with Crippen LogP contribution in [0.25, 0.3) is 22.3 Å². The van der Waals surface area contributed by atoms with E-state index in [1.165, 1.54) is 23.0 Å². The highest BCUT2D eigenvalue weighted by Crippen LogP contribution is 2.33. The lowest BCUT2D eigenvalue weighted by Gasteiger charge is -2.04. The van der Waals surface area contributed by atoms with Crippen molar-refractivity contribution < 1.29 is 4.79 Å². The zero-order valence-electron chi connectivity index (χ0n) is 16.3. The molecule has 0 radical (unpaired) electrons. The molecule has 0 atom stereocenters. The zero-order valence-corrected chi connectivity index (χ0v) is 18.6. The number of nitrogens with zero attached hydrogens (tertiary/aromatic N) is 3. The smallest absolute Gasteiger partial charge is 0.250 e. The Morgan fingerprint density at radius 2 is 1.93 bits per heavy atom. The summed E-state index contributed by atoms with van der Waals surface area (Å²) in [5, 5.41) is 10.1. The minimum absolute atomic E-state index is 0.234. The summed E-state index contributed by atoms with van der Waals surface area (Å²) in [5.41, 5.74) is 3.79. The molecule has 2 aromatic carbocycles. The van der Waals surface area contributed by atoms with Crippen LogP contribution in [-0.4, -0.2) is 20.5 Å². The van der Waals surface area contributed by atoms with E-state index < -0.39 is 0 Å². The second-order valence-electron chi connectivity index (χ2n) is 7.02. The molecule has 2 heterocycles. The van der Waals surface area contributed by atoms with Crippen molar-refractivity contribution in [3.63, 3.8) is 0 Å². The van der Waals surface area contributed by atoms with E-state index in [4.69, 9.17) is 23.2 Å². The molecule has 30 heavy (non-hydrogen) atoms. The number of carbonyl (C=O) groups excluding carboxylic acids is 1. The van der Waals surface area contributed by atoms with E-state index in [0.29, 0.717) is 20.9 Å². The molecule has 8 heteroatoms. The van der Waals surface area contributed by atoms with Gasteiger partial charge in [0.2, 0.25) is 4.96 Å². The molecule has 0 aliphatic heterocycles. The number of nitrogens with one attached hydrogen (secondary N) is 1. The molecular formula is C22H18Cl2N4OS. The quantitative estimate of drug-likeness (QED) is 0.346. The van der Waals surface area contributed by atoms with Crippen LogP contribution in [0.15, 0.2) is 53.9 Å². The van der Waals surface area contributed by atoms with Gasteiger partial charge in [0.05, 0.1) is 10.7 Å². The second-order valence-corrected chi connectivity index (χ2v) is 8.70. The number of carbonyl (C=O) groups is 1. The van der Waals surface area contributed by atoms with Gasteiger partial charge in [0.15, 0.2) is 0 Å². The fraction of sp³-hybridized carbons (Fsp3) is 0.136. The SMILES string of the molecule is CC(C)c1ccc(/C=C/C(=O)Nc2nc3scc(-c4ccc(Cl)cc4Cl)n3n2)cc1. The second kappa shape index (κ2) is 8.60. The molecular weight excluding hydrogens is 439 g/mol. The fourth-order valence-corrected chi connectivity index (χ4v) is 4.26. The van der Waals surface area contributed by atoms with Crippen LogP contribution < -0.4 is 5.32 Å². The summed E-state index contributed by atoms with van der Waals surface area (Å²) < 4.78 is 1.66. The van der Waals surface area contributed by atoms with Crippen LogP contribution in [0.3, 0.4) is 0 Å². The summed E-state index contributed by atoms with van der Waals surface area (Å²) in [4.78, 5) is 17.3. The number of fused-ring (bicyclic) bond motifs is 1. The Balaban J connectivity index is 1.50. The zero-order chi connectivity index (χ0) is 21.3. The van der Waals surface area contributed by atoms with Gasteiger partial charge in [-0.05, 0) is 41.3 Å². The van der Waals surface area contributed by atoms with Crippen LogP contribution in [-0.2, 0) is 4.79 Å². The van der Waals surface area contributed by atoms with Crippen molar-refractivity contribution in [1.82, 2.24) is 14.6 Å². The van der Waals surface area contributed by atoms with E-state index >= 15 is 0 Å². The molecule has 0 unspecified atom stereocenters. The number of hydrogen-bond donors (Lipinski definition) is 1. The number of halogens is 2. The Bertz CT molecular complexity index is 1240. The molecule has 2 aromatic heterocycles. The molecule has 4 aromatic rings. The van der Waals surface area contributed by atoms with Crippen molar-refractivity contribution in [3.05, 3.63) is 75.1 Å². The topological polar surface area (TPSA) is 59.3 Å². The van der Waals surface area contributed by atoms with E-state index in [1.54, 1.807) is 22.7 Å². The summed E-state index contributed by atoms with van der Waals surface area (Å²) in [7, 11) is 0. The van der Waals surface area contributed by atoms with E-state index in [2.05, 4.69) is 41.4 Å². The number of anilines is 1. The van der Waals surface area contributed by atoms with Gasteiger partial charge in [0.1, 0.15) is 0 Å². The molecule has 1 N–H and O–H groups in total. The van der Waals surface area contributed by atoms with E-state index in [0.717, 1.165) is 16.8 Å². The Kier molecular flexibility index (Phi) is 5.90. The minimum Gasteiger partial charge on any atom is -0.290 e. The molecule has 0 saturated carbocycles. The van der Waals surface area contributed by atoms with Gasteiger partial charge >= 0.3 is 0 Å². The Morgan fingerprint density at radius 3 is 2.63 bits per heavy atom. The van der Waals surface area contributed by atoms with Gasteiger partial charge in [-0.3, -0.25) is 10.1 Å². The van der Waals surface area contributed by atoms with Crippen LogP contribution in [0.5, 0.6) is 0 Å². The first kappa shape index (κ1) is 20.6. The molecule has 0 spiro atoms. The molecule has 152 valence electrons. The summed E-state index contributed by atoms with van der Waals surface area (Å²) in [5.74, 6) is 0.407. The predicted octanol–water partition coefficient (Wildman–Crippen LogP) is 6.54. The number of thiazole rings is 1. The van der Waals surface area contributed by atoms with Gasteiger partial charge in [-0.15, -0.1) is 16.4 Å². The summed E-state index contributed by atoms with van der Waals surface area (Å²) in [6, 6.07) is 13.4. The van der Waals surface area contributed by atoms with Gasteiger partial charge in [-0.1, -0.05) is 61.3 Å². The number of amides is 1. The van der Waals surface area contributed by atoms with Gasteiger partial charge < -0.3 is 0 Å². The van der Waals surface area contributed by atoms with Crippen molar-refractivity contribution in [1.29, 1.82) is 0 Å². The van der Waals surface area contributed by atoms with Crippen molar-refractivity contribution >= 4 is 57.4 Å². The third-order valence-electron chi connectivity index (χ3n) is 4.55. The van der Waals surface area contributed by atoms with Gasteiger partial charge in [-0.2, -0.15) is 4.98 Å². The van der Waals surface area contributed by atoms with Gasteiger partial charge in [-0.25, -0.2) is 4.52 Å². The minimum atomic E-state index is -0.299. The normalized spacial score (nSPS) is 11.6. The monoisotopic (exact) mass is 456 g/mol. The highest BCUT2D eigenvalue weighted by Gasteiger charge is 2.15. The highest BCUT2D eigenvalue weighted by molar-refractivity contribution is 7.15. The molecule has 0 aliphatic carbocycles. The van der Waals surface area contributed by atoms with Crippen LogP contribution >= 0.6 is 34.5 Å². The van der Waals surface area contributed by atoms with Crippen molar-refractivity contribution in [2.75, 3.05) is 5.32 Å². The van der Waals surface area contributed by atoms with E-state index in [-0.39, 0.29) is 11.9 Å². The van der Waals surface area contributed by atoms with Crippen LogP contribution in [0.1, 0.15) is 30.9 Å². The highest BCUT2D eigenvalue weighted by atomic mass is 35.5. The Hall–Kier alpha value is -2.67. The summed E-state index contributed by atoms with van der Waals surface area (Å²) in [6.45, 7) is 4.29. The van der Waals surface area contributed by atoms with Crippen LogP contribution in [0.2, 0.25) is 10.0 Å². The summed E-state index contributed by atoms with van der Waals surface area (Å²) in [6.07, 6.45) is 3.23. The third kappa shape index (κ3) is 4.41. The molecule has 5 nitrogen and oxygen atoms in total. The molecule has 4 rings (SSSR count). The molecule has 0 bridgehead atoms. The van der Waals surface area contributed by atoms with E-state index in [1.807, 2.05) is 23.6 Å². The van der Waals surface area contributed by atoms with Crippen LogP contribution in [0.4, 0.5) is 5.95 Å². The summed E-state index contributed by atoms with van der Waals surface area (Å²) >= 11 is 13.7. The Morgan fingerprint density at radius 1 is 1.17 bits per heavy atom. The maximum atomic E-state index is 12.3. The lowest BCUT2D eigenvalue weighted by Crippen LogP contribution is -2.09. The average molecular weight is 457 g/mol. The molecule has 0 fully saturated rings. The first-order chi connectivity index (χ1) is 14.4. The molecule has 0 aliphatic rings. The predicted molar refractivity (Wildman–Crippen MR) is 125 cm³/mol. The first-order valence-corrected chi connectivity index (χ1v) is 10.9. The van der Waals surface area contributed by atoms with Gasteiger partial charge in [0.25, 0.3) is 11.9 Å². The number of hydrogen-bond acceptors (Lipinski definition) is 4. The van der Waals surface area contributed by atoms with E-state index in [9.17, 15) is 4.79 Å². The average Bonchev–Trinajstić information content (AvgIpc) is 3.27. The van der Waals surface area contributed by atoms with Gasteiger partial charge in [0, 0.05) is 22.0 Å². The largest absolute Gasteiger partial charge is 0.290 e. The third-order valence-corrected chi connectivity index (χ3v) is 5.92. The number of rotatable bonds is 5. The maximum absolute atomic E-state index is 12.3. The molecule has 0 saturated heterocycles. The lowest BCUT2D eigenvalue weighted by atomic mass is 10.0. The Labute approximate surface area is 188 Å². The maximum Gasteiger partial charge on any atom is 0.250 e. The number of aromatic nitrogens is 3. The molecule has 1 amide bonds. The van der Waals surface area contributed by atoms with Crippen molar-refractivity contribution in [2.45, 2.75) is 19.8 Å². The fourth-order valence-electron chi connectivity index (χ4n) is 2.93. The number of benzene rings is 2. The van der Waals surface area contributed by atoms with Crippen molar-refractivity contribution in [2.24, 2.45) is 0 Å². The standard InChI is InChI=1S/C22H18Cl2N4OS/c1-13(2)15-6-3-14(4-7-15)5-10-20(29)25-21-26-22-28(27-21)19(12-30-22)17-9-8-16(23)11-18(17)24/h3-13H,1-2H3,(H,25,27,29)/b10-5+. The lowest BCUT2D eigenvalue weighted by molar-refractivity contribution is -0.111. The van der Waals surface area contributed by atoms with Crippen LogP contribution in [0, 0.1) is 0 Å². The van der Waals surface area contributed by atoms with Crippen molar-refractivity contribution in [3.8, 4) is 11.3 Å².